The second kappa shape index (κ2) is 9.04. The molecule has 1 nitrogen and oxygen atoms in total. The van der Waals surface area contributed by atoms with Gasteiger partial charge in [-0.2, -0.15) is 0 Å². The number of allylic oxidation sites excluding steroid dienone is 2. The van der Waals surface area contributed by atoms with Gasteiger partial charge in [0.2, 0.25) is 0 Å². The maximum Gasteiger partial charge on any atom is -1.00 e. The van der Waals surface area contributed by atoms with Crippen molar-refractivity contribution in [2.75, 3.05) is 0 Å². The molecule has 1 heterocycles. The Morgan fingerprint density at radius 1 is 0.889 bits per heavy atom. The first-order valence-electron chi connectivity index (χ1n) is 8.31. The van der Waals surface area contributed by atoms with Crippen LogP contribution in [-0.2, 0) is 33.4 Å². The van der Waals surface area contributed by atoms with Crippen LogP contribution in [-0.4, -0.2) is 4.98 Å². The molecule has 5 heteroatoms. The molecule has 2 aromatic carbocycles. The summed E-state index contributed by atoms with van der Waals surface area (Å²) in [5.41, 5.74) is 5.45. The quantitative estimate of drug-likeness (QED) is 0.503. The molecule has 137 valence electrons. The third kappa shape index (κ3) is 4.45. The molecule has 0 fully saturated rings. The monoisotopic (exact) mass is 436 g/mol. The van der Waals surface area contributed by atoms with E-state index in [9.17, 15) is 4.39 Å². The van der Waals surface area contributed by atoms with Crippen LogP contribution in [0.5, 0.6) is 0 Å². The first-order valence-corrected chi connectivity index (χ1v) is 8.95. The summed E-state index contributed by atoms with van der Waals surface area (Å²) in [6.07, 6.45) is 5.45. The number of nitrogens with zero attached hydrogens (tertiary/aromatic N) is 1. The number of pyridine rings is 1. The van der Waals surface area contributed by atoms with Gasteiger partial charge in [-0.05, 0) is 0 Å². The summed E-state index contributed by atoms with van der Waals surface area (Å²) in [6, 6.07) is 21.4. The van der Waals surface area contributed by atoms with Crippen molar-refractivity contribution in [1.29, 1.82) is 0 Å². The van der Waals surface area contributed by atoms with Gasteiger partial charge in [0.05, 0.1) is 0 Å². The first-order chi connectivity index (χ1) is 12.2. The van der Waals surface area contributed by atoms with Crippen LogP contribution in [0.3, 0.4) is 0 Å². The number of halogens is 3. The van der Waals surface area contributed by atoms with Gasteiger partial charge in [-0.3, -0.25) is 0 Å². The molecule has 0 radical (unpaired) electrons. The topological polar surface area (TPSA) is 12.9 Å². The van der Waals surface area contributed by atoms with Gasteiger partial charge >= 0.3 is 156 Å². The zero-order valence-electron chi connectivity index (χ0n) is 14.4. The van der Waals surface area contributed by atoms with Gasteiger partial charge in [0.15, 0.2) is 0 Å². The smallest absolute Gasteiger partial charge is 1.00 e. The zero-order valence-corrected chi connectivity index (χ0v) is 17.2. The van der Waals surface area contributed by atoms with E-state index in [1.807, 2.05) is 42.6 Å². The van der Waals surface area contributed by atoms with Crippen molar-refractivity contribution < 1.29 is 45.5 Å². The van der Waals surface area contributed by atoms with E-state index in [-0.39, 0.29) is 34.9 Å². The predicted octanol–water partition coefficient (Wildman–Crippen LogP) is -1.15. The van der Waals surface area contributed by atoms with Crippen LogP contribution in [0.15, 0.2) is 79.0 Å². The molecule has 4 rings (SSSR count). The van der Waals surface area contributed by atoms with Crippen LogP contribution in [0.2, 0.25) is 0 Å². The molecule has 0 N–H and O–H groups in total. The molecule has 3 aromatic rings. The van der Waals surface area contributed by atoms with Gasteiger partial charge in [-0.15, -0.1) is 0 Å². The van der Waals surface area contributed by atoms with Crippen LogP contribution in [0.4, 0.5) is 4.39 Å². The Balaban J connectivity index is 0.00000131. The molecule has 1 aliphatic rings. The second-order valence-electron chi connectivity index (χ2n) is 6.37. The number of hydrogen-bond acceptors (Lipinski definition) is 1. The second-order valence-corrected chi connectivity index (χ2v) is 7.51. The van der Waals surface area contributed by atoms with E-state index < -0.39 is 0 Å². The average molecular weight is 437 g/mol. The molecule has 1 unspecified atom stereocenters. The Labute approximate surface area is 180 Å². The summed E-state index contributed by atoms with van der Waals surface area (Å²) in [7, 11) is 0. The standard InChI is InChI=1S/C22H17FN.2ClH.Cr/c23-22-11-4-1-7-16(22)13-17-14-18(15-19-8-5-6-12-24-19)21-10-3-2-9-20(17)21;;;/h1-12,14H,13,15H2;2*1H;/q;;;+2/p-2. The molecule has 0 spiro atoms. The van der Waals surface area contributed by atoms with Gasteiger partial charge in [0, 0.05) is 0 Å². The minimum absolute atomic E-state index is 0. The van der Waals surface area contributed by atoms with Crippen LogP contribution < -0.4 is 24.8 Å². The molecular formula is C22H17Cl2CrFN. The number of fused-ring (bicyclic) bond motifs is 1. The fourth-order valence-corrected chi connectivity index (χ4v) is 4.23. The summed E-state index contributed by atoms with van der Waals surface area (Å²) in [5, 5.41) is 0. The summed E-state index contributed by atoms with van der Waals surface area (Å²) < 4.78 is 13.9. The van der Waals surface area contributed by atoms with Gasteiger partial charge in [0.25, 0.3) is 0 Å². The third-order valence-corrected chi connectivity index (χ3v) is 5.40. The number of aromatic nitrogens is 1. The molecule has 0 saturated heterocycles. The van der Waals surface area contributed by atoms with Crippen LogP contribution in [0, 0.1) is 5.82 Å². The normalized spacial score (nSPS) is 17.3. The van der Waals surface area contributed by atoms with Crippen molar-refractivity contribution in [1.82, 2.24) is 4.98 Å². The van der Waals surface area contributed by atoms with Crippen molar-refractivity contribution >= 4 is 5.57 Å². The molecule has 0 bridgehead atoms. The van der Waals surface area contributed by atoms with E-state index in [4.69, 9.17) is 0 Å². The molecule has 27 heavy (non-hydrogen) atoms. The number of rotatable bonds is 4. The molecule has 0 aliphatic heterocycles. The van der Waals surface area contributed by atoms with Crippen molar-refractivity contribution in [2.24, 2.45) is 0 Å². The Kier molecular flexibility index (Phi) is 7.26. The van der Waals surface area contributed by atoms with Crippen molar-refractivity contribution in [2.45, 2.75) is 17.1 Å². The number of benzene rings is 2. The number of hydrogen-bond donors (Lipinski definition) is 0. The zero-order chi connectivity index (χ0) is 17.3. The molecule has 0 amide bonds. The molecule has 1 aliphatic carbocycles. The third-order valence-electron chi connectivity index (χ3n) is 4.64. The van der Waals surface area contributed by atoms with Crippen molar-refractivity contribution in [3.05, 3.63) is 107 Å². The fraction of sp³-hybridized carbons (Fsp3) is 0.136. The van der Waals surface area contributed by atoms with Gasteiger partial charge < -0.3 is 24.8 Å². The summed E-state index contributed by atoms with van der Waals surface area (Å²) in [4.78, 5) is 4.45. The average Bonchev–Trinajstić information content (AvgIpc) is 2.91. The molecule has 1 atom stereocenters. The maximum atomic E-state index is 14.2. The predicted molar refractivity (Wildman–Crippen MR) is 94.1 cm³/mol. The van der Waals surface area contributed by atoms with E-state index in [2.05, 4.69) is 45.5 Å². The summed E-state index contributed by atoms with van der Waals surface area (Å²) in [6.45, 7) is 0. The van der Waals surface area contributed by atoms with Crippen LogP contribution in [0.25, 0.3) is 5.57 Å². The van der Waals surface area contributed by atoms with Crippen molar-refractivity contribution in [3.63, 3.8) is 0 Å². The van der Waals surface area contributed by atoms with Crippen molar-refractivity contribution in [3.8, 4) is 0 Å². The van der Waals surface area contributed by atoms with Gasteiger partial charge in [0.1, 0.15) is 0 Å². The Hall–Kier alpha value is -1.63. The molecule has 0 saturated carbocycles. The van der Waals surface area contributed by atoms with E-state index in [1.165, 1.54) is 22.8 Å². The fourth-order valence-electron chi connectivity index (χ4n) is 3.48. The van der Waals surface area contributed by atoms with Gasteiger partial charge in [-0.25, -0.2) is 0 Å². The Bertz CT molecular complexity index is 946. The SMILES string of the molecule is Fc1ccccc1C[C]1([Cr+2])C=C(Cc2ccccn2)c2ccccc21.[Cl-].[Cl-]. The van der Waals surface area contributed by atoms with E-state index in [0.717, 1.165) is 17.7 Å². The largest absolute Gasteiger partial charge is 1.00 e. The minimum atomic E-state index is -0.330. The Morgan fingerprint density at radius 3 is 2.33 bits per heavy atom. The Morgan fingerprint density at radius 2 is 1.59 bits per heavy atom. The maximum absolute atomic E-state index is 14.2. The first kappa shape index (κ1) is 21.7. The molecule has 1 aromatic heterocycles. The van der Waals surface area contributed by atoms with E-state index >= 15 is 0 Å². The van der Waals surface area contributed by atoms with Crippen LogP contribution in [0.1, 0.15) is 22.4 Å². The van der Waals surface area contributed by atoms with E-state index in [0.29, 0.717) is 6.42 Å². The van der Waals surface area contributed by atoms with Crippen LogP contribution >= 0.6 is 0 Å². The summed E-state index contributed by atoms with van der Waals surface area (Å²) in [5.74, 6) is -0.152. The minimum Gasteiger partial charge on any atom is -1.00 e. The summed E-state index contributed by atoms with van der Waals surface area (Å²) >= 11 is 3.34. The van der Waals surface area contributed by atoms with Gasteiger partial charge in [-0.1, -0.05) is 0 Å². The van der Waals surface area contributed by atoms with E-state index in [1.54, 1.807) is 6.07 Å². The molecular weight excluding hydrogens is 420 g/mol.